The van der Waals surface area contributed by atoms with Crippen LogP contribution in [-0.4, -0.2) is 22.9 Å². The van der Waals surface area contributed by atoms with E-state index in [1.165, 1.54) is 10.5 Å². The first-order chi connectivity index (χ1) is 7.18. The van der Waals surface area contributed by atoms with Crippen LogP contribution >= 0.6 is 11.8 Å². The van der Waals surface area contributed by atoms with Crippen LogP contribution in [0.25, 0.3) is 0 Å². The Morgan fingerprint density at radius 2 is 2.40 bits per heavy atom. The normalized spacial score (nSPS) is 16.1. The second-order valence-corrected chi connectivity index (χ2v) is 4.78. The zero-order valence-corrected chi connectivity index (χ0v) is 9.09. The predicted molar refractivity (Wildman–Crippen MR) is 60.2 cm³/mol. The second-order valence-electron chi connectivity index (χ2n) is 3.64. The van der Waals surface area contributed by atoms with E-state index in [2.05, 4.69) is 6.07 Å². The molecule has 1 aromatic carbocycles. The molecular weight excluding hydrogens is 210 g/mol. The summed E-state index contributed by atoms with van der Waals surface area (Å²) >= 11 is 1.83. The van der Waals surface area contributed by atoms with E-state index >= 15 is 0 Å². The van der Waals surface area contributed by atoms with Crippen molar-refractivity contribution in [3.8, 4) is 0 Å². The molecule has 1 heterocycles. The summed E-state index contributed by atoms with van der Waals surface area (Å²) in [5.74, 6) is 0.160. The van der Waals surface area contributed by atoms with Crippen LogP contribution in [0.4, 0.5) is 0 Å². The van der Waals surface area contributed by atoms with E-state index in [0.29, 0.717) is 6.42 Å². The van der Waals surface area contributed by atoms with Crippen LogP contribution in [0.3, 0.4) is 0 Å². The smallest absolute Gasteiger partial charge is 0.320 e. The van der Waals surface area contributed by atoms with Crippen LogP contribution in [0.2, 0.25) is 0 Å². The average Bonchev–Trinajstić information content (AvgIpc) is 2.66. The Hall–Kier alpha value is -1.00. The first-order valence-electron chi connectivity index (χ1n) is 4.90. The summed E-state index contributed by atoms with van der Waals surface area (Å²) in [5, 5.41) is 8.76. The molecule has 0 saturated carbocycles. The minimum atomic E-state index is -0.932. The SMILES string of the molecule is NC(Cc1cccc2c1CCS2)C(=O)O. The van der Waals surface area contributed by atoms with Gasteiger partial charge < -0.3 is 10.8 Å². The van der Waals surface area contributed by atoms with Gasteiger partial charge >= 0.3 is 5.97 Å². The summed E-state index contributed by atoms with van der Waals surface area (Å²) < 4.78 is 0. The van der Waals surface area contributed by atoms with E-state index < -0.39 is 12.0 Å². The Labute approximate surface area is 92.7 Å². The molecule has 1 aromatic rings. The van der Waals surface area contributed by atoms with Crippen LogP contribution < -0.4 is 5.73 Å². The van der Waals surface area contributed by atoms with Crippen molar-refractivity contribution in [3.63, 3.8) is 0 Å². The Morgan fingerprint density at radius 3 is 3.13 bits per heavy atom. The fourth-order valence-electron chi connectivity index (χ4n) is 1.81. The number of hydrogen-bond acceptors (Lipinski definition) is 3. The molecule has 0 saturated heterocycles. The molecule has 3 N–H and O–H groups in total. The number of carboxylic acids is 1. The number of benzene rings is 1. The van der Waals surface area contributed by atoms with Gasteiger partial charge in [0.2, 0.25) is 0 Å². The zero-order chi connectivity index (χ0) is 10.8. The number of carboxylic acid groups (broad SMARTS) is 1. The lowest BCUT2D eigenvalue weighted by atomic mass is 9.99. The van der Waals surface area contributed by atoms with Gasteiger partial charge in [0.15, 0.2) is 0 Å². The van der Waals surface area contributed by atoms with E-state index in [4.69, 9.17) is 10.8 Å². The van der Waals surface area contributed by atoms with Gasteiger partial charge in [0.1, 0.15) is 6.04 Å². The molecule has 0 spiro atoms. The maximum absolute atomic E-state index is 10.7. The molecule has 0 fully saturated rings. The van der Waals surface area contributed by atoms with E-state index in [1.807, 2.05) is 23.9 Å². The molecule has 1 atom stereocenters. The highest BCUT2D eigenvalue weighted by Gasteiger charge is 2.18. The van der Waals surface area contributed by atoms with Crippen LogP contribution in [-0.2, 0) is 17.6 Å². The molecule has 3 nitrogen and oxygen atoms in total. The lowest BCUT2D eigenvalue weighted by Gasteiger charge is -2.10. The number of carbonyl (C=O) groups is 1. The number of thioether (sulfide) groups is 1. The van der Waals surface area contributed by atoms with Gasteiger partial charge in [-0.15, -0.1) is 11.8 Å². The maximum atomic E-state index is 10.7. The van der Waals surface area contributed by atoms with Crippen molar-refractivity contribution in [1.29, 1.82) is 0 Å². The van der Waals surface area contributed by atoms with Crippen LogP contribution in [0.1, 0.15) is 11.1 Å². The Bertz CT molecular complexity index is 392. The molecule has 0 radical (unpaired) electrons. The number of aliphatic carboxylic acids is 1. The van der Waals surface area contributed by atoms with Gasteiger partial charge in [-0.3, -0.25) is 4.79 Å². The highest BCUT2D eigenvalue weighted by molar-refractivity contribution is 7.99. The van der Waals surface area contributed by atoms with E-state index in [0.717, 1.165) is 17.7 Å². The number of nitrogens with two attached hydrogens (primary N) is 1. The molecule has 0 bridgehead atoms. The summed E-state index contributed by atoms with van der Waals surface area (Å²) in [6.45, 7) is 0. The Kier molecular flexibility index (Phi) is 2.98. The van der Waals surface area contributed by atoms with Crippen LogP contribution in [0, 0.1) is 0 Å². The van der Waals surface area contributed by atoms with Crippen molar-refractivity contribution in [2.45, 2.75) is 23.8 Å². The van der Waals surface area contributed by atoms with E-state index in [9.17, 15) is 4.79 Å². The third-order valence-electron chi connectivity index (χ3n) is 2.60. The molecule has 1 aliphatic heterocycles. The standard InChI is InChI=1S/C11H13NO2S/c12-9(11(13)14)6-7-2-1-3-10-8(7)4-5-15-10/h1-3,9H,4-6,12H2,(H,13,14). The van der Waals surface area contributed by atoms with Crippen molar-refractivity contribution < 1.29 is 9.90 Å². The summed E-state index contributed by atoms with van der Waals surface area (Å²) in [7, 11) is 0. The molecule has 1 unspecified atom stereocenters. The van der Waals surface area contributed by atoms with Crippen molar-refractivity contribution in [2.24, 2.45) is 5.73 Å². The fourth-order valence-corrected chi connectivity index (χ4v) is 2.92. The summed E-state index contributed by atoms with van der Waals surface area (Å²) in [6, 6.07) is 5.25. The minimum Gasteiger partial charge on any atom is -0.480 e. The first kappa shape index (κ1) is 10.5. The third kappa shape index (κ3) is 2.16. The number of rotatable bonds is 3. The summed E-state index contributed by atoms with van der Waals surface area (Å²) in [5.41, 5.74) is 7.92. The minimum absolute atomic E-state index is 0.430. The molecule has 0 amide bonds. The molecule has 80 valence electrons. The average molecular weight is 223 g/mol. The van der Waals surface area contributed by atoms with Crippen molar-refractivity contribution in [1.82, 2.24) is 0 Å². The zero-order valence-electron chi connectivity index (χ0n) is 8.27. The molecule has 4 heteroatoms. The summed E-state index contributed by atoms with van der Waals surface area (Å²) in [6.07, 6.45) is 1.46. The Balaban J connectivity index is 2.22. The van der Waals surface area contributed by atoms with Crippen molar-refractivity contribution in [3.05, 3.63) is 29.3 Å². The maximum Gasteiger partial charge on any atom is 0.320 e. The molecule has 1 aliphatic rings. The van der Waals surface area contributed by atoms with Gasteiger partial charge in [-0.2, -0.15) is 0 Å². The highest BCUT2D eigenvalue weighted by atomic mass is 32.2. The molecule has 0 aliphatic carbocycles. The summed E-state index contributed by atoms with van der Waals surface area (Å²) in [4.78, 5) is 12.0. The van der Waals surface area contributed by atoms with Gasteiger partial charge in [-0.05, 0) is 30.0 Å². The number of hydrogen-bond donors (Lipinski definition) is 2. The Morgan fingerprint density at radius 1 is 1.60 bits per heavy atom. The lowest BCUT2D eigenvalue weighted by Crippen LogP contribution is -2.32. The van der Waals surface area contributed by atoms with E-state index in [-0.39, 0.29) is 0 Å². The van der Waals surface area contributed by atoms with Gasteiger partial charge in [0, 0.05) is 10.6 Å². The number of fused-ring (bicyclic) bond motifs is 1. The molecular formula is C11H13NO2S. The third-order valence-corrected chi connectivity index (χ3v) is 3.70. The van der Waals surface area contributed by atoms with Crippen molar-refractivity contribution in [2.75, 3.05) is 5.75 Å². The molecule has 2 rings (SSSR count). The monoisotopic (exact) mass is 223 g/mol. The lowest BCUT2D eigenvalue weighted by molar-refractivity contribution is -0.138. The van der Waals surface area contributed by atoms with Crippen LogP contribution in [0.15, 0.2) is 23.1 Å². The van der Waals surface area contributed by atoms with Crippen LogP contribution in [0.5, 0.6) is 0 Å². The highest BCUT2D eigenvalue weighted by Crippen LogP contribution is 2.33. The van der Waals surface area contributed by atoms with Gasteiger partial charge in [-0.25, -0.2) is 0 Å². The van der Waals surface area contributed by atoms with Gasteiger partial charge in [0.25, 0.3) is 0 Å². The van der Waals surface area contributed by atoms with E-state index in [1.54, 1.807) is 0 Å². The molecule has 0 aromatic heterocycles. The van der Waals surface area contributed by atoms with Gasteiger partial charge in [-0.1, -0.05) is 12.1 Å². The predicted octanol–water partition coefficient (Wildman–Crippen LogP) is 1.29. The fraction of sp³-hybridized carbons (Fsp3) is 0.364. The largest absolute Gasteiger partial charge is 0.480 e. The quantitative estimate of drug-likeness (QED) is 0.810. The van der Waals surface area contributed by atoms with Gasteiger partial charge in [0.05, 0.1) is 0 Å². The molecule has 15 heavy (non-hydrogen) atoms. The second kappa shape index (κ2) is 4.24. The van der Waals surface area contributed by atoms with Crippen molar-refractivity contribution >= 4 is 17.7 Å². The first-order valence-corrected chi connectivity index (χ1v) is 5.89. The topological polar surface area (TPSA) is 63.3 Å².